The summed E-state index contributed by atoms with van der Waals surface area (Å²) in [5, 5.41) is 4.51. The van der Waals surface area contributed by atoms with Crippen LogP contribution in [0.25, 0.3) is 32.6 Å². The van der Waals surface area contributed by atoms with Gasteiger partial charge in [0.05, 0.1) is 16.7 Å². The second-order valence-electron chi connectivity index (χ2n) is 4.60. The van der Waals surface area contributed by atoms with Gasteiger partial charge < -0.3 is 5.73 Å². The summed E-state index contributed by atoms with van der Waals surface area (Å²) in [6.45, 7) is 0. The summed E-state index contributed by atoms with van der Waals surface area (Å²) >= 11 is 0. The molecule has 0 aliphatic carbocycles. The number of hydrogen-bond donors (Lipinski definition) is 1. The molecule has 0 spiro atoms. The fourth-order valence-electron chi connectivity index (χ4n) is 2.66. The summed E-state index contributed by atoms with van der Waals surface area (Å²) in [5.74, 6) is 0. The first-order valence-electron chi connectivity index (χ1n) is 6.15. The van der Waals surface area contributed by atoms with Gasteiger partial charge in [0, 0.05) is 28.6 Å². The van der Waals surface area contributed by atoms with Crippen molar-refractivity contribution in [3.05, 3.63) is 54.9 Å². The van der Waals surface area contributed by atoms with Gasteiger partial charge in [-0.25, -0.2) is 0 Å². The zero-order chi connectivity index (χ0) is 12.8. The van der Waals surface area contributed by atoms with Gasteiger partial charge in [0.1, 0.15) is 0 Å². The van der Waals surface area contributed by atoms with Crippen LogP contribution in [0.4, 0.5) is 5.69 Å². The molecule has 0 unspecified atom stereocenters. The maximum Gasteiger partial charge on any atom is 0.0937 e. The Balaban J connectivity index is 2.39. The topological polar surface area (TPSA) is 51.8 Å². The molecule has 2 N–H and O–H groups in total. The molecule has 2 heterocycles. The van der Waals surface area contributed by atoms with Gasteiger partial charge in [-0.2, -0.15) is 0 Å². The quantitative estimate of drug-likeness (QED) is 0.381. The van der Waals surface area contributed by atoms with Crippen LogP contribution < -0.4 is 5.73 Å². The van der Waals surface area contributed by atoms with E-state index in [0.29, 0.717) is 5.69 Å². The first kappa shape index (κ1) is 10.3. The van der Waals surface area contributed by atoms with Crippen molar-refractivity contribution in [1.29, 1.82) is 0 Å². The molecule has 4 aromatic rings. The number of rotatable bonds is 0. The summed E-state index contributed by atoms with van der Waals surface area (Å²) in [6.07, 6.45) is 3.58. The highest BCUT2D eigenvalue weighted by atomic mass is 14.7. The second-order valence-corrected chi connectivity index (χ2v) is 4.60. The summed E-state index contributed by atoms with van der Waals surface area (Å²) < 4.78 is 0. The van der Waals surface area contributed by atoms with Crippen LogP contribution in [0.2, 0.25) is 0 Å². The van der Waals surface area contributed by atoms with E-state index in [1.807, 2.05) is 30.5 Å². The number of benzene rings is 2. The smallest absolute Gasteiger partial charge is 0.0937 e. The van der Waals surface area contributed by atoms with Crippen molar-refractivity contribution in [3.63, 3.8) is 0 Å². The van der Waals surface area contributed by atoms with Gasteiger partial charge in [0.25, 0.3) is 0 Å². The molecule has 0 saturated heterocycles. The third-order valence-corrected chi connectivity index (χ3v) is 3.48. The van der Waals surface area contributed by atoms with Crippen molar-refractivity contribution in [2.45, 2.75) is 0 Å². The molecular formula is C16H11N3. The molecule has 2 aromatic heterocycles. The van der Waals surface area contributed by atoms with Crippen LogP contribution in [0.3, 0.4) is 0 Å². The fraction of sp³-hybridized carbons (Fsp3) is 0. The summed E-state index contributed by atoms with van der Waals surface area (Å²) in [5.41, 5.74) is 8.65. The number of fused-ring (bicyclic) bond motifs is 5. The minimum absolute atomic E-state index is 0.714. The Bertz CT molecular complexity index is 929. The van der Waals surface area contributed by atoms with Gasteiger partial charge in [0.2, 0.25) is 0 Å². The highest BCUT2D eigenvalue weighted by Gasteiger charge is 2.08. The minimum atomic E-state index is 0.714. The van der Waals surface area contributed by atoms with Crippen molar-refractivity contribution < 1.29 is 0 Å². The average molecular weight is 245 g/mol. The number of pyridine rings is 2. The third-order valence-electron chi connectivity index (χ3n) is 3.48. The monoisotopic (exact) mass is 245 g/mol. The highest BCUT2D eigenvalue weighted by molar-refractivity contribution is 6.21. The number of hydrogen-bond acceptors (Lipinski definition) is 3. The molecule has 0 amide bonds. The molecule has 2 aromatic carbocycles. The Labute approximate surface area is 109 Å². The maximum absolute atomic E-state index is 6.09. The van der Waals surface area contributed by atoms with Crippen molar-refractivity contribution in [1.82, 2.24) is 9.97 Å². The Morgan fingerprint density at radius 2 is 1.63 bits per heavy atom. The molecular weight excluding hydrogens is 234 g/mol. The van der Waals surface area contributed by atoms with Gasteiger partial charge >= 0.3 is 0 Å². The van der Waals surface area contributed by atoms with E-state index in [1.165, 1.54) is 5.39 Å². The first-order chi connectivity index (χ1) is 9.34. The second kappa shape index (κ2) is 3.65. The third kappa shape index (κ3) is 1.38. The molecule has 0 aliphatic heterocycles. The van der Waals surface area contributed by atoms with Crippen LogP contribution in [0.1, 0.15) is 0 Å². The zero-order valence-electron chi connectivity index (χ0n) is 10.2. The van der Waals surface area contributed by atoms with E-state index in [9.17, 15) is 0 Å². The van der Waals surface area contributed by atoms with Gasteiger partial charge in [-0.05, 0) is 29.7 Å². The Hall–Kier alpha value is -2.68. The van der Waals surface area contributed by atoms with Crippen molar-refractivity contribution in [3.8, 4) is 0 Å². The number of anilines is 1. The number of aromatic nitrogens is 2. The van der Waals surface area contributed by atoms with E-state index >= 15 is 0 Å². The van der Waals surface area contributed by atoms with Crippen molar-refractivity contribution in [2.24, 2.45) is 0 Å². The lowest BCUT2D eigenvalue weighted by Gasteiger charge is -2.08. The summed E-state index contributed by atoms with van der Waals surface area (Å²) in [7, 11) is 0. The van der Waals surface area contributed by atoms with E-state index in [2.05, 4.69) is 28.2 Å². The van der Waals surface area contributed by atoms with Crippen LogP contribution in [-0.4, -0.2) is 9.97 Å². The van der Waals surface area contributed by atoms with E-state index in [-0.39, 0.29) is 0 Å². The number of nitrogens with two attached hydrogens (primary N) is 1. The van der Waals surface area contributed by atoms with Crippen molar-refractivity contribution in [2.75, 3.05) is 5.73 Å². The van der Waals surface area contributed by atoms with Crippen molar-refractivity contribution >= 4 is 38.3 Å². The minimum Gasteiger partial charge on any atom is -0.397 e. The molecule has 90 valence electrons. The molecule has 4 rings (SSSR count). The molecule has 19 heavy (non-hydrogen) atoms. The highest BCUT2D eigenvalue weighted by Crippen LogP contribution is 2.33. The van der Waals surface area contributed by atoms with Crippen LogP contribution in [0.15, 0.2) is 54.9 Å². The molecule has 0 fully saturated rings. The summed E-state index contributed by atoms with van der Waals surface area (Å²) in [6, 6.07) is 14.1. The average Bonchev–Trinajstić information content (AvgIpc) is 2.47. The summed E-state index contributed by atoms with van der Waals surface area (Å²) in [4.78, 5) is 8.80. The lowest BCUT2D eigenvalue weighted by molar-refractivity contribution is 1.41. The lowest BCUT2D eigenvalue weighted by Crippen LogP contribution is -1.91. The largest absolute Gasteiger partial charge is 0.397 e. The molecule has 0 saturated carbocycles. The standard InChI is InChI=1S/C16H11N3/c17-13-9-10-5-6-14-11(3-1-7-18-14)15(10)12-4-2-8-19-16(12)13/h1-9H,17H2. The van der Waals surface area contributed by atoms with Crippen LogP contribution >= 0.6 is 0 Å². The van der Waals surface area contributed by atoms with Gasteiger partial charge in [-0.3, -0.25) is 9.97 Å². The fourth-order valence-corrected chi connectivity index (χ4v) is 2.66. The van der Waals surface area contributed by atoms with Crippen LogP contribution in [0.5, 0.6) is 0 Å². The Morgan fingerprint density at radius 1 is 0.842 bits per heavy atom. The molecule has 0 aliphatic rings. The SMILES string of the molecule is Nc1cc2ccc3ncccc3c2c2cccnc12. The molecule has 0 bridgehead atoms. The predicted octanol–water partition coefficient (Wildman–Crippen LogP) is 3.52. The molecule has 0 atom stereocenters. The Morgan fingerprint density at radius 3 is 2.53 bits per heavy atom. The van der Waals surface area contributed by atoms with E-state index in [0.717, 1.165) is 27.2 Å². The molecule has 3 nitrogen and oxygen atoms in total. The first-order valence-corrected chi connectivity index (χ1v) is 6.15. The van der Waals surface area contributed by atoms with Gasteiger partial charge in [-0.15, -0.1) is 0 Å². The van der Waals surface area contributed by atoms with E-state index < -0.39 is 0 Å². The Kier molecular flexibility index (Phi) is 1.97. The molecule has 3 heteroatoms. The zero-order valence-corrected chi connectivity index (χ0v) is 10.2. The lowest BCUT2D eigenvalue weighted by atomic mass is 9.99. The predicted molar refractivity (Wildman–Crippen MR) is 79.0 cm³/mol. The van der Waals surface area contributed by atoms with Crippen LogP contribution in [0, 0.1) is 0 Å². The van der Waals surface area contributed by atoms with Crippen LogP contribution in [-0.2, 0) is 0 Å². The van der Waals surface area contributed by atoms with E-state index in [4.69, 9.17) is 5.73 Å². The van der Waals surface area contributed by atoms with Gasteiger partial charge in [-0.1, -0.05) is 18.2 Å². The maximum atomic E-state index is 6.09. The molecule has 0 radical (unpaired) electrons. The van der Waals surface area contributed by atoms with E-state index in [1.54, 1.807) is 6.20 Å². The number of nitrogens with zero attached hydrogens (tertiary/aromatic N) is 2. The normalized spacial score (nSPS) is 11.4. The number of nitrogen functional groups attached to an aromatic ring is 1. The van der Waals surface area contributed by atoms with Gasteiger partial charge in [0.15, 0.2) is 0 Å².